The second-order valence-electron chi connectivity index (χ2n) is 7.96. The van der Waals surface area contributed by atoms with Crippen LogP contribution < -0.4 is 4.90 Å². The molecule has 0 bridgehead atoms. The number of carbonyl (C=O) groups is 1. The molecule has 1 aromatic rings. The first kappa shape index (κ1) is 20.1. The molecule has 1 aliphatic carbocycles. The van der Waals surface area contributed by atoms with Crippen LogP contribution in [0.4, 0.5) is 11.4 Å². The number of rotatable bonds is 5. The molecule has 2 saturated heterocycles. The zero-order chi connectivity index (χ0) is 20.6. The molecule has 0 unspecified atom stereocenters. The van der Waals surface area contributed by atoms with Gasteiger partial charge >= 0.3 is 0 Å². The molecule has 3 aliphatic rings. The van der Waals surface area contributed by atoms with Crippen LogP contribution in [0, 0.1) is 16.0 Å². The fourth-order valence-electron chi connectivity index (χ4n) is 4.09. The number of piperidine rings is 1. The van der Waals surface area contributed by atoms with Gasteiger partial charge in [-0.2, -0.15) is 4.31 Å². The Balaban J connectivity index is 1.54. The summed E-state index contributed by atoms with van der Waals surface area (Å²) >= 11 is 0. The lowest BCUT2D eigenvalue weighted by Crippen LogP contribution is -2.49. The van der Waals surface area contributed by atoms with E-state index in [4.69, 9.17) is 0 Å². The van der Waals surface area contributed by atoms with E-state index in [1.54, 1.807) is 0 Å². The molecule has 0 radical (unpaired) electrons. The van der Waals surface area contributed by atoms with Crippen LogP contribution in [-0.2, 0) is 14.8 Å². The van der Waals surface area contributed by atoms with Crippen LogP contribution in [0.5, 0.6) is 0 Å². The Morgan fingerprint density at radius 2 is 1.66 bits per heavy atom. The van der Waals surface area contributed by atoms with E-state index in [0.29, 0.717) is 45.0 Å². The van der Waals surface area contributed by atoms with Crippen LogP contribution in [-0.4, -0.2) is 67.7 Å². The highest BCUT2D eigenvalue weighted by atomic mass is 32.2. The summed E-state index contributed by atoms with van der Waals surface area (Å²) in [6.07, 6.45) is 4.53. The maximum Gasteiger partial charge on any atom is 0.293 e. The highest BCUT2D eigenvalue weighted by Gasteiger charge is 2.36. The number of anilines is 1. The van der Waals surface area contributed by atoms with Gasteiger partial charge in [0.15, 0.2) is 0 Å². The largest absolute Gasteiger partial charge is 0.362 e. The molecule has 29 heavy (non-hydrogen) atoms. The van der Waals surface area contributed by atoms with E-state index in [-0.39, 0.29) is 22.4 Å². The van der Waals surface area contributed by atoms with Crippen LogP contribution in [0.15, 0.2) is 23.1 Å². The monoisotopic (exact) mass is 422 g/mol. The number of carbonyl (C=O) groups excluding carboxylic acids is 1. The summed E-state index contributed by atoms with van der Waals surface area (Å²) in [4.78, 5) is 27.1. The Kier molecular flexibility index (Phi) is 5.48. The number of benzene rings is 1. The SMILES string of the molecule is O=C(C1CC1)N1CCN(c2ccc(S(=O)(=O)N3CCCCC3)cc2[N+](=O)[O-])CC1. The van der Waals surface area contributed by atoms with Crippen molar-refractivity contribution in [3.05, 3.63) is 28.3 Å². The molecule has 1 amide bonds. The van der Waals surface area contributed by atoms with Gasteiger partial charge in [0.05, 0.1) is 9.82 Å². The van der Waals surface area contributed by atoms with Crippen molar-refractivity contribution in [2.24, 2.45) is 5.92 Å². The Morgan fingerprint density at radius 1 is 1.00 bits per heavy atom. The zero-order valence-electron chi connectivity index (χ0n) is 16.3. The summed E-state index contributed by atoms with van der Waals surface area (Å²) in [7, 11) is -3.73. The van der Waals surface area contributed by atoms with Gasteiger partial charge < -0.3 is 9.80 Å². The van der Waals surface area contributed by atoms with Gasteiger partial charge in [-0.1, -0.05) is 6.42 Å². The minimum atomic E-state index is -3.73. The van der Waals surface area contributed by atoms with E-state index in [0.717, 1.165) is 32.1 Å². The minimum absolute atomic E-state index is 0.0302. The Bertz CT molecular complexity index is 901. The Labute approximate surface area is 170 Å². The predicted molar refractivity (Wildman–Crippen MR) is 107 cm³/mol. The molecule has 1 aromatic carbocycles. The number of nitro benzene ring substituents is 1. The van der Waals surface area contributed by atoms with Crippen molar-refractivity contribution in [3.8, 4) is 0 Å². The van der Waals surface area contributed by atoms with Gasteiger partial charge in [0.2, 0.25) is 15.9 Å². The van der Waals surface area contributed by atoms with Crippen molar-refractivity contribution in [2.75, 3.05) is 44.2 Å². The number of hydrogen-bond acceptors (Lipinski definition) is 6. The standard InChI is InChI=1S/C19H26N4O5S/c24-19(15-4-5-15)21-12-10-20(11-13-21)17-7-6-16(14-18(17)23(25)26)29(27,28)22-8-2-1-3-9-22/h6-7,14-15H,1-5,8-13H2. The van der Waals surface area contributed by atoms with Gasteiger partial charge in [0.1, 0.15) is 5.69 Å². The van der Waals surface area contributed by atoms with Gasteiger partial charge in [0, 0.05) is 51.3 Å². The second-order valence-corrected chi connectivity index (χ2v) is 9.90. The van der Waals surface area contributed by atoms with Gasteiger partial charge in [-0.3, -0.25) is 14.9 Å². The fraction of sp³-hybridized carbons (Fsp3) is 0.632. The lowest BCUT2D eigenvalue weighted by atomic mass is 10.2. The van der Waals surface area contributed by atoms with Crippen molar-refractivity contribution >= 4 is 27.3 Å². The lowest BCUT2D eigenvalue weighted by molar-refractivity contribution is -0.384. The zero-order valence-corrected chi connectivity index (χ0v) is 17.1. The lowest BCUT2D eigenvalue weighted by Gasteiger charge is -2.36. The molecule has 2 aliphatic heterocycles. The summed E-state index contributed by atoms with van der Waals surface area (Å²) in [5.41, 5.74) is 0.205. The smallest absolute Gasteiger partial charge is 0.293 e. The fourth-order valence-corrected chi connectivity index (χ4v) is 5.63. The molecular formula is C19H26N4O5S. The maximum atomic E-state index is 12.9. The van der Waals surface area contributed by atoms with Crippen LogP contribution >= 0.6 is 0 Å². The molecular weight excluding hydrogens is 396 g/mol. The molecule has 3 fully saturated rings. The first-order chi connectivity index (χ1) is 13.9. The minimum Gasteiger partial charge on any atom is -0.362 e. The number of hydrogen-bond donors (Lipinski definition) is 0. The summed E-state index contributed by atoms with van der Waals surface area (Å²) in [6, 6.07) is 4.18. The van der Waals surface area contributed by atoms with E-state index in [1.165, 1.54) is 22.5 Å². The third-order valence-electron chi connectivity index (χ3n) is 5.96. The molecule has 2 heterocycles. The Morgan fingerprint density at radius 3 is 2.24 bits per heavy atom. The third-order valence-corrected chi connectivity index (χ3v) is 7.85. The van der Waals surface area contributed by atoms with Crippen molar-refractivity contribution in [2.45, 2.75) is 37.0 Å². The van der Waals surface area contributed by atoms with Crippen molar-refractivity contribution in [1.82, 2.24) is 9.21 Å². The van der Waals surface area contributed by atoms with Crippen molar-refractivity contribution in [3.63, 3.8) is 0 Å². The van der Waals surface area contributed by atoms with Crippen LogP contribution in [0.25, 0.3) is 0 Å². The molecule has 10 heteroatoms. The molecule has 1 saturated carbocycles. The second kappa shape index (κ2) is 7.91. The van der Waals surface area contributed by atoms with E-state index >= 15 is 0 Å². The third kappa shape index (κ3) is 4.09. The van der Waals surface area contributed by atoms with Gasteiger partial charge in [-0.15, -0.1) is 0 Å². The van der Waals surface area contributed by atoms with Crippen LogP contribution in [0.2, 0.25) is 0 Å². The number of nitrogens with zero attached hydrogens (tertiary/aromatic N) is 4. The number of amides is 1. The highest BCUT2D eigenvalue weighted by Crippen LogP contribution is 2.34. The average Bonchev–Trinajstić information content (AvgIpc) is 3.59. The Hall–Kier alpha value is -2.20. The quantitative estimate of drug-likeness (QED) is 0.530. The van der Waals surface area contributed by atoms with Gasteiger partial charge in [-0.05, 0) is 37.8 Å². The van der Waals surface area contributed by atoms with Crippen LogP contribution in [0.3, 0.4) is 0 Å². The predicted octanol–water partition coefficient (Wildman–Crippen LogP) is 1.83. The normalized spacial score (nSPS) is 21.2. The molecule has 0 aromatic heterocycles. The first-order valence-corrected chi connectivity index (χ1v) is 11.6. The maximum absolute atomic E-state index is 12.9. The molecule has 0 atom stereocenters. The van der Waals surface area contributed by atoms with Crippen molar-refractivity contribution in [1.29, 1.82) is 0 Å². The van der Waals surface area contributed by atoms with E-state index in [1.807, 2.05) is 9.80 Å². The van der Waals surface area contributed by atoms with Gasteiger partial charge in [0.25, 0.3) is 5.69 Å². The molecule has 4 rings (SSSR count). The summed E-state index contributed by atoms with van der Waals surface area (Å²) < 4.78 is 27.2. The van der Waals surface area contributed by atoms with E-state index in [9.17, 15) is 23.3 Å². The number of nitro groups is 1. The number of sulfonamides is 1. The summed E-state index contributed by atoms with van der Waals surface area (Å²) in [5, 5.41) is 11.7. The van der Waals surface area contributed by atoms with E-state index < -0.39 is 14.9 Å². The molecule has 0 spiro atoms. The molecule has 9 nitrogen and oxygen atoms in total. The van der Waals surface area contributed by atoms with Gasteiger partial charge in [-0.25, -0.2) is 8.42 Å². The van der Waals surface area contributed by atoms with Crippen LogP contribution in [0.1, 0.15) is 32.1 Å². The van der Waals surface area contributed by atoms with Crippen molar-refractivity contribution < 1.29 is 18.1 Å². The average molecular weight is 423 g/mol. The highest BCUT2D eigenvalue weighted by molar-refractivity contribution is 7.89. The summed E-state index contributed by atoms with van der Waals surface area (Å²) in [6.45, 7) is 2.96. The van der Waals surface area contributed by atoms with E-state index in [2.05, 4.69) is 0 Å². The number of piperazine rings is 1. The summed E-state index contributed by atoms with van der Waals surface area (Å²) in [5.74, 6) is 0.345. The molecule has 0 N–H and O–H groups in total. The first-order valence-electron chi connectivity index (χ1n) is 10.2. The topological polar surface area (TPSA) is 104 Å². The molecule has 158 valence electrons.